The van der Waals surface area contributed by atoms with E-state index in [0.717, 1.165) is 38.8 Å². The van der Waals surface area contributed by atoms with E-state index in [-0.39, 0.29) is 29.4 Å². The van der Waals surface area contributed by atoms with Crippen molar-refractivity contribution in [1.82, 2.24) is 19.4 Å². The lowest BCUT2D eigenvalue weighted by Gasteiger charge is -2.40. The molecular weight excluding hydrogens is 497 g/mol. The molecule has 9 nitrogen and oxygen atoms in total. The van der Waals surface area contributed by atoms with Crippen molar-refractivity contribution in [3.63, 3.8) is 0 Å². The topological polar surface area (TPSA) is 113 Å². The first-order valence-electron chi connectivity index (χ1n) is 12.9. The number of ether oxygens (including phenoxy) is 2. The molecule has 0 amide bonds. The Balaban J connectivity index is 1.22. The molecule has 1 saturated carbocycles. The number of fused-ring (bicyclic) bond motifs is 1. The first-order valence-corrected chi connectivity index (χ1v) is 14.8. The van der Waals surface area contributed by atoms with Gasteiger partial charge < -0.3 is 24.7 Å². The number of hydrogen-bond donors (Lipinski definition) is 1. The number of anilines is 1. The van der Waals surface area contributed by atoms with Crippen LogP contribution in [0.4, 0.5) is 10.2 Å². The number of sulfone groups is 1. The summed E-state index contributed by atoms with van der Waals surface area (Å²) in [5.74, 6) is 1.04. The second kappa shape index (κ2) is 9.85. The summed E-state index contributed by atoms with van der Waals surface area (Å²) < 4.78 is 52.6. The SMILES string of the molecule is Nc1ncnc2c1c(-c1cccc(OCC3CCCO3)c1F)cn2C1CC(CN2CCS(=O)(=O)CC2)C1. The van der Waals surface area contributed by atoms with Gasteiger partial charge in [0.25, 0.3) is 0 Å². The van der Waals surface area contributed by atoms with Gasteiger partial charge in [-0.25, -0.2) is 22.8 Å². The molecule has 3 fully saturated rings. The van der Waals surface area contributed by atoms with Crippen LogP contribution in [0.3, 0.4) is 0 Å². The monoisotopic (exact) mass is 529 g/mol. The molecule has 0 spiro atoms. The fourth-order valence-corrected chi connectivity index (χ4v) is 7.03. The molecule has 4 heterocycles. The fourth-order valence-electron chi connectivity index (χ4n) is 5.75. The summed E-state index contributed by atoms with van der Waals surface area (Å²) in [6, 6.07) is 5.36. The summed E-state index contributed by atoms with van der Waals surface area (Å²) in [6.07, 6.45) is 7.19. The summed E-state index contributed by atoms with van der Waals surface area (Å²) in [6.45, 7) is 3.15. The maximum atomic E-state index is 15.7. The van der Waals surface area contributed by atoms with Crippen LogP contribution in [0.25, 0.3) is 22.2 Å². The molecule has 1 aliphatic carbocycles. The van der Waals surface area contributed by atoms with Crippen LogP contribution in [-0.2, 0) is 14.6 Å². The van der Waals surface area contributed by atoms with Gasteiger partial charge in [0.15, 0.2) is 21.4 Å². The summed E-state index contributed by atoms with van der Waals surface area (Å²) >= 11 is 0. The van der Waals surface area contributed by atoms with E-state index in [4.69, 9.17) is 15.2 Å². The van der Waals surface area contributed by atoms with Crippen LogP contribution < -0.4 is 10.5 Å². The fraction of sp³-hybridized carbons (Fsp3) is 0.538. The molecule has 3 aromatic rings. The number of benzene rings is 1. The predicted octanol–water partition coefficient (Wildman–Crippen LogP) is 3.06. The van der Waals surface area contributed by atoms with Gasteiger partial charge in [0, 0.05) is 49.6 Å². The number of aromatic nitrogens is 3. The van der Waals surface area contributed by atoms with E-state index in [1.807, 2.05) is 6.20 Å². The van der Waals surface area contributed by atoms with Crippen molar-refractivity contribution in [2.24, 2.45) is 5.92 Å². The first-order chi connectivity index (χ1) is 17.9. The van der Waals surface area contributed by atoms with Gasteiger partial charge in [-0.15, -0.1) is 0 Å². The summed E-state index contributed by atoms with van der Waals surface area (Å²) in [5, 5.41) is 0.641. The Morgan fingerprint density at radius 1 is 1.16 bits per heavy atom. The maximum absolute atomic E-state index is 15.7. The van der Waals surface area contributed by atoms with E-state index < -0.39 is 15.7 Å². The molecule has 37 heavy (non-hydrogen) atoms. The second-order valence-corrected chi connectivity index (χ2v) is 12.7. The zero-order valence-corrected chi connectivity index (χ0v) is 21.5. The van der Waals surface area contributed by atoms with Gasteiger partial charge in [-0.1, -0.05) is 12.1 Å². The van der Waals surface area contributed by atoms with E-state index >= 15 is 4.39 Å². The Morgan fingerprint density at radius 2 is 1.97 bits per heavy atom. The lowest BCUT2D eigenvalue weighted by molar-refractivity contribution is 0.0666. The largest absolute Gasteiger partial charge is 0.488 e. The number of nitrogens with zero attached hydrogens (tertiary/aromatic N) is 4. The summed E-state index contributed by atoms with van der Waals surface area (Å²) in [4.78, 5) is 10.9. The minimum absolute atomic E-state index is 0.00471. The van der Waals surface area contributed by atoms with Gasteiger partial charge in [-0.05, 0) is 37.7 Å². The van der Waals surface area contributed by atoms with E-state index in [2.05, 4.69) is 19.4 Å². The van der Waals surface area contributed by atoms with Crippen LogP contribution >= 0.6 is 0 Å². The Morgan fingerprint density at radius 3 is 2.73 bits per heavy atom. The van der Waals surface area contributed by atoms with E-state index in [1.165, 1.54) is 6.33 Å². The molecule has 2 N–H and O–H groups in total. The Hall–Kier alpha value is -2.76. The lowest BCUT2D eigenvalue weighted by Crippen LogP contribution is -2.44. The highest BCUT2D eigenvalue weighted by Crippen LogP contribution is 2.44. The normalized spacial score (nSPS) is 25.8. The number of hydrogen-bond acceptors (Lipinski definition) is 8. The third kappa shape index (κ3) is 4.92. The molecule has 11 heteroatoms. The van der Waals surface area contributed by atoms with Crippen LogP contribution in [-0.4, -0.2) is 78.3 Å². The molecule has 0 bridgehead atoms. The van der Waals surface area contributed by atoms with Gasteiger partial charge in [0.05, 0.1) is 23.0 Å². The van der Waals surface area contributed by atoms with Crippen molar-refractivity contribution in [2.45, 2.75) is 37.8 Å². The first kappa shape index (κ1) is 24.6. The van der Waals surface area contributed by atoms with Crippen molar-refractivity contribution < 1.29 is 22.3 Å². The molecule has 198 valence electrons. The van der Waals surface area contributed by atoms with Crippen LogP contribution in [0.2, 0.25) is 0 Å². The quantitative estimate of drug-likeness (QED) is 0.497. The van der Waals surface area contributed by atoms with Gasteiger partial charge in [-0.2, -0.15) is 0 Å². The average Bonchev–Trinajstić information content (AvgIpc) is 3.50. The number of rotatable bonds is 7. The third-order valence-corrected chi connectivity index (χ3v) is 9.51. The van der Waals surface area contributed by atoms with Gasteiger partial charge in [0.1, 0.15) is 24.4 Å². The summed E-state index contributed by atoms with van der Waals surface area (Å²) in [7, 11) is -2.88. The molecule has 1 atom stereocenters. The molecular formula is C26H32FN5O4S. The Bertz CT molecular complexity index is 1390. The van der Waals surface area contributed by atoms with Gasteiger partial charge in [-0.3, -0.25) is 0 Å². The lowest BCUT2D eigenvalue weighted by atomic mass is 9.79. The molecule has 2 aromatic heterocycles. The van der Waals surface area contributed by atoms with Crippen molar-refractivity contribution in [2.75, 3.05) is 50.1 Å². The third-order valence-electron chi connectivity index (χ3n) is 7.90. The molecule has 1 aromatic carbocycles. The van der Waals surface area contributed by atoms with E-state index in [9.17, 15) is 8.42 Å². The van der Waals surface area contributed by atoms with E-state index in [1.54, 1.807) is 18.2 Å². The highest BCUT2D eigenvalue weighted by Gasteiger charge is 2.35. The smallest absolute Gasteiger partial charge is 0.172 e. The van der Waals surface area contributed by atoms with Gasteiger partial charge >= 0.3 is 0 Å². The van der Waals surface area contributed by atoms with Crippen molar-refractivity contribution in [1.29, 1.82) is 0 Å². The minimum atomic E-state index is -2.88. The van der Waals surface area contributed by atoms with Crippen LogP contribution in [0.1, 0.15) is 31.7 Å². The Labute approximate surface area is 215 Å². The minimum Gasteiger partial charge on any atom is -0.488 e. The predicted molar refractivity (Wildman–Crippen MR) is 139 cm³/mol. The highest BCUT2D eigenvalue weighted by molar-refractivity contribution is 7.91. The molecule has 2 saturated heterocycles. The van der Waals surface area contributed by atoms with Crippen molar-refractivity contribution in [3.8, 4) is 16.9 Å². The second-order valence-electron chi connectivity index (χ2n) is 10.4. The molecule has 1 unspecified atom stereocenters. The maximum Gasteiger partial charge on any atom is 0.172 e. The van der Waals surface area contributed by atoms with Crippen molar-refractivity contribution in [3.05, 3.63) is 36.5 Å². The zero-order valence-electron chi connectivity index (χ0n) is 20.7. The van der Waals surface area contributed by atoms with Crippen LogP contribution in [0.15, 0.2) is 30.7 Å². The summed E-state index contributed by atoms with van der Waals surface area (Å²) in [5.41, 5.74) is 8.03. The van der Waals surface area contributed by atoms with Crippen molar-refractivity contribution >= 4 is 26.7 Å². The average molecular weight is 530 g/mol. The molecule has 6 rings (SSSR count). The standard InChI is InChI=1S/C26H32FN5O4S/c27-24-20(4-1-5-22(24)36-15-19-3-2-8-35-19)21-14-32(26-23(21)25(28)29-16-30-26)18-11-17(12-18)13-31-6-9-37(33,34)10-7-31/h1,4-5,14,16-19H,2-3,6-13,15H2,(H2,28,29,30). The number of nitrogen functional groups attached to an aromatic ring is 1. The molecule has 2 aliphatic heterocycles. The highest BCUT2D eigenvalue weighted by atomic mass is 32.2. The van der Waals surface area contributed by atoms with E-state index in [0.29, 0.717) is 53.6 Å². The molecule has 3 aliphatic rings. The zero-order chi connectivity index (χ0) is 25.6. The van der Waals surface area contributed by atoms with Crippen LogP contribution in [0, 0.1) is 11.7 Å². The number of halogens is 1. The Kier molecular flexibility index (Phi) is 6.54. The molecule has 0 radical (unpaired) electrons. The number of nitrogens with two attached hydrogens (primary N) is 1. The van der Waals surface area contributed by atoms with Crippen LogP contribution in [0.5, 0.6) is 5.75 Å². The van der Waals surface area contributed by atoms with Gasteiger partial charge in [0.2, 0.25) is 0 Å².